The Hall–Kier alpha value is -1.23. The zero-order valence-electron chi connectivity index (χ0n) is 9.63. The number of hydrogen-bond donors (Lipinski definition) is 1. The van der Waals surface area contributed by atoms with Crippen molar-refractivity contribution in [2.45, 2.75) is 38.6 Å². The highest BCUT2D eigenvalue weighted by atomic mass is 19.4. The maximum atomic E-state index is 12.1. The normalized spacial score (nSPS) is 13.5. The smallest absolute Gasteiger partial charge is 0.406 e. The first-order valence-electron chi connectivity index (χ1n) is 5.51. The number of halogens is 3. The van der Waals surface area contributed by atoms with Crippen LogP contribution in [-0.4, -0.2) is 12.4 Å². The number of ether oxygens (including phenoxy) is 1. The molecule has 0 aromatic heterocycles. The molecule has 0 aliphatic heterocycles. The Morgan fingerprint density at radius 2 is 1.94 bits per heavy atom. The van der Waals surface area contributed by atoms with Gasteiger partial charge in [0.2, 0.25) is 0 Å². The zero-order valence-corrected chi connectivity index (χ0v) is 9.63. The Labute approximate surface area is 98.6 Å². The topological polar surface area (TPSA) is 35.2 Å². The molecule has 0 bridgehead atoms. The van der Waals surface area contributed by atoms with Crippen LogP contribution in [0.25, 0.3) is 0 Å². The summed E-state index contributed by atoms with van der Waals surface area (Å²) >= 11 is 0. The fourth-order valence-electron chi connectivity index (χ4n) is 1.48. The lowest BCUT2D eigenvalue weighted by atomic mass is 10.0. The molecular formula is C12H16F3NO. The van der Waals surface area contributed by atoms with Gasteiger partial charge in [0.15, 0.2) is 0 Å². The van der Waals surface area contributed by atoms with E-state index in [9.17, 15) is 13.2 Å². The second-order valence-electron chi connectivity index (χ2n) is 3.86. The molecular weight excluding hydrogens is 231 g/mol. The van der Waals surface area contributed by atoms with Crippen molar-refractivity contribution in [3.63, 3.8) is 0 Å². The lowest BCUT2D eigenvalue weighted by molar-refractivity contribution is -0.274. The number of nitrogens with two attached hydrogens (primary N) is 1. The van der Waals surface area contributed by atoms with Crippen molar-refractivity contribution in [1.82, 2.24) is 0 Å². The molecule has 0 saturated carbocycles. The summed E-state index contributed by atoms with van der Waals surface area (Å²) in [6, 6.07) is 6.17. The average Bonchev–Trinajstić information content (AvgIpc) is 2.25. The van der Waals surface area contributed by atoms with Crippen LogP contribution in [-0.2, 0) is 6.42 Å². The number of alkyl halides is 3. The summed E-state index contributed by atoms with van der Waals surface area (Å²) in [7, 11) is 0. The Kier molecular flexibility index (Phi) is 4.81. The monoisotopic (exact) mass is 247 g/mol. The summed E-state index contributed by atoms with van der Waals surface area (Å²) in [6.45, 7) is 1.95. The molecule has 1 aromatic carbocycles. The highest BCUT2D eigenvalue weighted by Gasteiger charge is 2.31. The molecule has 1 rings (SSSR count). The SMILES string of the molecule is CCC(N)CCc1ccccc1OC(F)(F)F. The van der Waals surface area contributed by atoms with Gasteiger partial charge >= 0.3 is 6.36 Å². The third-order valence-electron chi connectivity index (χ3n) is 2.51. The van der Waals surface area contributed by atoms with Crippen LogP contribution in [0.1, 0.15) is 25.3 Å². The molecule has 17 heavy (non-hydrogen) atoms. The molecule has 0 spiro atoms. The van der Waals surface area contributed by atoms with Crippen molar-refractivity contribution in [3.8, 4) is 5.75 Å². The fourth-order valence-corrected chi connectivity index (χ4v) is 1.48. The summed E-state index contributed by atoms with van der Waals surface area (Å²) in [4.78, 5) is 0. The van der Waals surface area contributed by atoms with Crippen molar-refractivity contribution in [2.24, 2.45) is 5.73 Å². The van der Waals surface area contributed by atoms with Gasteiger partial charge < -0.3 is 10.5 Å². The number of aryl methyl sites for hydroxylation is 1. The lowest BCUT2D eigenvalue weighted by Gasteiger charge is -2.14. The van der Waals surface area contributed by atoms with Gasteiger partial charge in [-0.05, 0) is 30.9 Å². The Bertz CT molecular complexity index is 352. The van der Waals surface area contributed by atoms with Gasteiger partial charge in [-0.25, -0.2) is 0 Å². The van der Waals surface area contributed by atoms with E-state index >= 15 is 0 Å². The summed E-state index contributed by atoms with van der Waals surface area (Å²) in [5.74, 6) is -0.136. The van der Waals surface area contributed by atoms with Crippen molar-refractivity contribution >= 4 is 0 Å². The van der Waals surface area contributed by atoms with Gasteiger partial charge in [0.1, 0.15) is 5.75 Å². The van der Waals surface area contributed by atoms with E-state index in [1.807, 2.05) is 6.92 Å². The standard InChI is InChI=1S/C12H16F3NO/c1-2-10(16)8-7-9-5-3-4-6-11(9)17-12(13,14)15/h3-6,10H,2,7-8,16H2,1H3. The number of benzene rings is 1. The molecule has 96 valence electrons. The first kappa shape index (κ1) is 13.8. The zero-order chi connectivity index (χ0) is 12.9. The van der Waals surface area contributed by atoms with E-state index in [0.29, 0.717) is 18.4 Å². The molecule has 0 fully saturated rings. The van der Waals surface area contributed by atoms with Crippen LogP contribution in [0.2, 0.25) is 0 Å². The van der Waals surface area contributed by atoms with Gasteiger partial charge in [0.05, 0.1) is 0 Å². The third kappa shape index (κ3) is 5.08. The van der Waals surface area contributed by atoms with E-state index in [-0.39, 0.29) is 11.8 Å². The molecule has 0 heterocycles. The van der Waals surface area contributed by atoms with Crippen LogP contribution in [0.4, 0.5) is 13.2 Å². The maximum absolute atomic E-state index is 12.1. The second kappa shape index (κ2) is 5.91. The number of para-hydroxylation sites is 1. The van der Waals surface area contributed by atoms with Gasteiger partial charge in [-0.2, -0.15) is 0 Å². The van der Waals surface area contributed by atoms with Crippen LogP contribution in [0, 0.1) is 0 Å². The predicted octanol–water partition coefficient (Wildman–Crippen LogP) is 3.26. The highest BCUT2D eigenvalue weighted by molar-refractivity contribution is 5.33. The molecule has 1 atom stereocenters. The van der Waals surface area contributed by atoms with Crippen molar-refractivity contribution in [3.05, 3.63) is 29.8 Å². The van der Waals surface area contributed by atoms with Crippen LogP contribution in [0.15, 0.2) is 24.3 Å². The molecule has 0 aliphatic rings. The Morgan fingerprint density at radius 1 is 1.29 bits per heavy atom. The van der Waals surface area contributed by atoms with Crippen LogP contribution in [0.3, 0.4) is 0 Å². The second-order valence-corrected chi connectivity index (χ2v) is 3.86. The van der Waals surface area contributed by atoms with Crippen molar-refractivity contribution in [2.75, 3.05) is 0 Å². The molecule has 0 amide bonds. The van der Waals surface area contributed by atoms with E-state index in [0.717, 1.165) is 6.42 Å². The van der Waals surface area contributed by atoms with Gasteiger partial charge in [0.25, 0.3) is 0 Å². The minimum atomic E-state index is -4.65. The summed E-state index contributed by atoms with van der Waals surface area (Å²) < 4.78 is 40.4. The Morgan fingerprint density at radius 3 is 2.53 bits per heavy atom. The molecule has 0 aliphatic carbocycles. The summed E-state index contributed by atoms with van der Waals surface area (Å²) in [5.41, 5.74) is 6.27. The van der Waals surface area contributed by atoms with E-state index < -0.39 is 6.36 Å². The van der Waals surface area contributed by atoms with Crippen molar-refractivity contribution in [1.29, 1.82) is 0 Å². The first-order valence-corrected chi connectivity index (χ1v) is 5.51. The highest BCUT2D eigenvalue weighted by Crippen LogP contribution is 2.27. The largest absolute Gasteiger partial charge is 0.573 e. The number of hydrogen-bond acceptors (Lipinski definition) is 2. The van der Waals surface area contributed by atoms with E-state index in [2.05, 4.69) is 4.74 Å². The predicted molar refractivity (Wildman–Crippen MR) is 59.7 cm³/mol. The summed E-state index contributed by atoms with van der Waals surface area (Å²) in [6.07, 6.45) is -2.71. The van der Waals surface area contributed by atoms with Crippen molar-refractivity contribution < 1.29 is 17.9 Å². The maximum Gasteiger partial charge on any atom is 0.573 e. The third-order valence-corrected chi connectivity index (χ3v) is 2.51. The minimum Gasteiger partial charge on any atom is -0.406 e. The van der Waals surface area contributed by atoms with Gasteiger partial charge in [-0.3, -0.25) is 0 Å². The molecule has 0 radical (unpaired) electrons. The minimum absolute atomic E-state index is 0.00828. The Balaban J connectivity index is 2.71. The summed E-state index contributed by atoms with van der Waals surface area (Å²) in [5, 5.41) is 0. The average molecular weight is 247 g/mol. The van der Waals surface area contributed by atoms with E-state index in [1.165, 1.54) is 12.1 Å². The molecule has 1 aromatic rings. The quantitative estimate of drug-likeness (QED) is 0.866. The molecule has 2 N–H and O–H groups in total. The van der Waals surface area contributed by atoms with Gasteiger partial charge in [-0.1, -0.05) is 25.1 Å². The van der Waals surface area contributed by atoms with Crippen LogP contribution in [0.5, 0.6) is 5.75 Å². The molecule has 5 heteroatoms. The fraction of sp³-hybridized carbons (Fsp3) is 0.500. The lowest BCUT2D eigenvalue weighted by Crippen LogP contribution is -2.20. The molecule has 0 saturated heterocycles. The van der Waals surface area contributed by atoms with E-state index in [1.54, 1.807) is 12.1 Å². The molecule has 2 nitrogen and oxygen atoms in total. The first-order chi connectivity index (χ1) is 7.92. The van der Waals surface area contributed by atoms with E-state index in [4.69, 9.17) is 5.73 Å². The van der Waals surface area contributed by atoms with Crippen LogP contribution < -0.4 is 10.5 Å². The molecule has 1 unspecified atom stereocenters. The van der Waals surface area contributed by atoms with Gasteiger partial charge in [0, 0.05) is 6.04 Å². The van der Waals surface area contributed by atoms with Crippen LogP contribution >= 0.6 is 0 Å². The van der Waals surface area contributed by atoms with Gasteiger partial charge in [-0.15, -0.1) is 13.2 Å². The number of rotatable bonds is 5.